The fraction of sp³-hybridized carbons (Fsp3) is 0.333. The van der Waals surface area contributed by atoms with Crippen LogP contribution in [0.3, 0.4) is 0 Å². The average molecular weight is 185 g/mol. The molecule has 0 aliphatic carbocycles. The first-order chi connectivity index (χ1) is 5.99. The summed E-state index contributed by atoms with van der Waals surface area (Å²) in [6.07, 6.45) is 0. The normalized spacial score (nSPS) is 8.38. The maximum absolute atomic E-state index is 10.7. The van der Waals surface area contributed by atoms with Gasteiger partial charge in [0.1, 0.15) is 6.61 Å². The van der Waals surface area contributed by atoms with E-state index in [9.17, 15) is 14.9 Å². The van der Waals surface area contributed by atoms with Crippen molar-refractivity contribution in [3.05, 3.63) is 27.8 Å². The van der Waals surface area contributed by atoms with Gasteiger partial charge in [-0.15, -0.1) is 0 Å². The Kier molecular flexibility index (Phi) is 4.05. The molecule has 0 heterocycles. The van der Waals surface area contributed by atoms with Crippen molar-refractivity contribution in [1.82, 2.24) is 0 Å². The summed E-state index contributed by atoms with van der Waals surface area (Å²) in [5, 5.41) is 10.0. The molecule has 0 atom stereocenters. The van der Waals surface area contributed by atoms with E-state index in [1.165, 1.54) is 0 Å². The summed E-state index contributed by atoms with van der Waals surface area (Å²) >= 11 is 0. The summed E-state index contributed by atoms with van der Waals surface area (Å²) in [7, 11) is 0. The number of carbonyl (C=O) groups is 1. The fourth-order valence-electron chi connectivity index (χ4n) is 0.405. The summed E-state index contributed by atoms with van der Waals surface area (Å²) in [4.78, 5) is 21.8. The van der Waals surface area contributed by atoms with Gasteiger partial charge in [-0.3, -0.25) is 10.1 Å². The van der Waals surface area contributed by atoms with E-state index in [-0.39, 0.29) is 6.61 Å². The van der Waals surface area contributed by atoms with Gasteiger partial charge in [0.25, 0.3) is 0 Å². The summed E-state index contributed by atoms with van der Waals surface area (Å²) in [6.45, 7) is 4.84. The third-order valence-corrected chi connectivity index (χ3v) is 0.900. The molecule has 0 rings (SSSR count). The van der Waals surface area contributed by atoms with Gasteiger partial charge in [0.2, 0.25) is 0 Å². The molecule has 0 spiro atoms. The highest BCUT2D eigenvalue weighted by molar-refractivity contribution is 6.28. The second kappa shape index (κ2) is 4.78. The van der Waals surface area contributed by atoms with E-state index < -0.39 is 16.7 Å². The maximum atomic E-state index is 10.7. The Bertz CT molecular complexity index is 303. The fourth-order valence-corrected chi connectivity index (χ4v) is 0.405. The van der Waals surface area contributed by atoms with Gasteiger partial charge >= 0.3 is 11.8 Å². The predicted octanol–water partition coefficient (Wildman–Crippen LogP) is 0.0107. The van der Waals surface area contributed by atoms with Crippen molar-refractivity contribution in [2.24, 2.45) is 0 Å². The third kappa shape index (κ3) is 3.78. The van der Waals surface area contributed by atoms with Gasteiger partial charge in [-0.25, -0.2) is 4.79 Å². The topological polar surface area (TPSA) is 106 Å². The number of ether oxygens (including phenoxy) is 1. The molecule has 70 valence electrons. The van der Waals surface area contributed by atoms with Gasteiger partial charge in [0, 0.05) is 0 Å². The smallest absolute Gasteiger partial charge is 0.447 e. The van der Waals surface area contributed by atoms with Crippen molar-refractivity contribution < 1.29 is 19.2 Å². The molecule has 13 heavy (non-hydrogen) atoms. The molecular weight excluding hydrogens is 178 g/mol. The molecule has 7 nitrogen and oxygen atoms in total. The zero-order valence-corrected chi connectivity index (χ0v) is 6.89. The van der Waals surface area contributed by atoms with Crippen LogP contribution < -0.4 is 0 Å². The first kappa shape index (κ1) is 11.0. The molecule has 0 saturated heterocycles. The molecule has 0 saturated carbocycles. The van der Waals surface area contributed by atoms with Gasteiger partial charge in [-0.2, -0.15) is 0 Å². The van der Waals surface area contributed by atoms with Crippen LogP contribution in [0, 0.1) is 10.1 Å². The van der Waals surface area contributed by atoms with Gasteiger partial charge in [-0.05, 0) is 12.5 Å². The monoisotopic (exact) mass is 185 g/mol. The lowest BCUT2D eigenvalue weighted by Crippen LogP contribution is -2.26. The summed E-state index contributed by atoms with van der Waals surface area (Å²) in [6, 6.07) is 0. The van der Waals surface area contributed by atoms with Crippen molar-refractivity contribution in [2.45, 2.75) is 6.92 Å². The lowest BCUT2D eigenvalue weighted by atomic mass is 10.4. The van der Waals surface area contributed by atoms with Crippen LogP contribution in [-0.4, -0.2) is 28.1 Å². The molecular formula is C6H7N3O4. The maximum Gasteiger partial charge on any atom is 0.690 e. The Morgan fingerprint density at radius 1 is 1.77 bits per heavy atom. The van der Waals surface area contributed by atoms with Crippen LogP contribution in [0.4, 0.5) is 0 Å². The van der Waals surface area contributed by atoms with Gasteiger partial charge < -0.3 is 10.3 Å². The van der Waals surface area contributed by atoms with Crippen molar-refractivity contribution in [1.29, 1.82) is 0 Å². The Balaban J connectivity index is 4.34. The second-order valence-electron chi connectivity index (χ2n) is 2.21. The molecule has 0 aromatic rings. The summed E-state index contributed by atoms with van der Waals surface area (Å²) < 4.78 is 4.35. The molecule has 0 aliphatic heterocycles. The Labute approximate surface area is 73.4 Å². The standard InChI is InChI=1S/C6H7N3O4/c1-4(2)3-13-6(10)5(8-7)9(11)12/h1,3H2,2H3. The van der Waals surface area contributed by atoms with Crippen LogP contribution in [0.1, 0.15) is 6.92 Å². The van der Waals surface area contributed by atoms with Crippen LogP contribution in [0.25, 0.3) is 5.53 Å². The Morgan fingerprint density at radius 2 is 2.31 bits per heavy atom. The van der Waals surface area contributed by atoms with Crippen molar-refractivity contribution in [2.75, 3.05) is 6.61 Å². The molecule has 0 aromatic heterocycles. The number of hydrogen-bond acceptors (Lipinski definition) is 4. The quantitative estimate of drug-likeness (QED) is 0.0882. The van der Waals surface area contributed by atoms with Crippen LogP contribution in [0.5, 0.6) is 0 Å². The largest absolute Gasteiger partial charge is 0.690 e. The van der Waals surface area contributed by atoms with E-state index in [1.807, 2.05) is 0 Å². The molecule has 0 aliphatic rings. The van der Waals surface area contributed by atoms with Crippen LogP contribution in [0.2, 0.25) is 0 Å². The molecule has 0 unspecified atom stereocenters. The van der Waals surface area contributed by atoms with Crippen LogP contribution in [-0.2, 0) is 9.53 Å². The molecule has 0 N–H and O–H groups in total. The average Bonchev–Trinajstić information content (AvgIpc) is 2.01. The van der Waals surface area contributed by atoms with E-state index in [4.69, 9.17) is 5.53 Å². The first-order valence-corrected chi connectivity index (χ1v) is 3.17. The van der Waals surface area contributed by atoms with E-state index >= 15 is 0 Å². The predicted molar refractivity (Wildman–Crippen MR) is 41.4 cm³/mol. The summed E-state index contributed by atoms with van der Waals surface area (Å²) in [5.74, 6) is -2.54. The Morgan fingerprint density at radius 3 is 2.62 bits per heavy atom. The number of nitro groups is 1. The SMILES string of the molecule is C=C(C)COC(=O)C(=[N+]=[N-])[N+](=O)[O-]. The highest BCUT2D eigenvalue weighted by Crippen LogP contribution is 1.90. The number of rotatable bonds is 2. The van der Waals surface area contributed by atoms with Gasteiger partial charge in [0.05, 0.1) is 0 Å². The number of carbonyl (C=O) groups excluding carboxylic acids is 1. The molecule has 0 bridgehead atoms. The lowest BCUT2D eigenvalue weighted by molar-refractivity contribution is -0.383. The molecule has 0 amide bonds. The minimum absolute atomic E-state index is 0.147. The zero-order chi connectivity index (χ0) is 10.4. The van der Waals surface area contributed by atoms with Crippen molar-refractivity contribution in [3.63, 3.8) is 0 Å². The third-order valence-electron chi connectivity index (χ3n) is 0.900. The molecule has 0 fully saturated rings. The van der Waals surface area contributed by atoms with Gasteiger partial charge in [0.15, 0.2) is 4.92 Å². The Hall–Kier alpha value is -2.01. The van der Waals surface area contributed by atoms with E-state index in [0.29, 0.717) is 5.57 Å². The van der Waals surface area contributed by atoms with Crippen LogP contribution >= 0.6 is 0 Å². The molecule has 7 heteroatoms. The van der Waals surface area contributed by atoms with Crippen molar-refractivity contribution >= 4 is 11.8 Å². The minimum Gasteiger partial charge on any atom is -0.447 e. The molecule has 0 radical (unpaired) electrons. The highest BCUT2D eigenvalue weighted by Gasteiger charge is 2.36. The minimum atomic E-state index is -1.30. The number of nitrogens with zero attached hydrogens (tertiary/aromatic N) is 3. The lowest BCUT2D eigenvalue weighted by Gasteiger charge is -1.96. The van der Waals surface area contributed by atoms with E-state index in [2.05, 4.69) is 16.1 Å². The zero-order valence-electron chi connectivity index (χ0n) is 6.89. The number of amidine groups is 1. The van der Waals surface area contributed by atoms with Gasteiger partial charge in [-0.1, -0.05) is 11.4 Å². The summed E-state index contributed by atoms with van der Waals surface area (Å²) in [5.41, 5.74) is 8.58. The number of esters is 1. The van der Waals surface area contributed by atoms with Crippen LogP contribution in [0.15, 0.2) is 12.2 Å². The highest BCUT2D eigenvalue weighted by atomic mass is 16.6. The van der Waals surface area contributed by atoms with E-state index in [1.54, 1.807) is 6.92 Å². The van der Waals surface area contributed by atoms with Crippen molar-refractivity contribution in [3.8, 4) is 0 Å². The molecule has 0 aromatic carbocycles. The second-order valence-corrected chi connectivity index (χ2v) is 2.21. The first-order valence-electron chi connectivity index (χ1n) is 3.17. The van der Waals surface area contributed by atoms with E-state index in [0.717, 1.165) is 0 Å². The number of hydrogen-bond donors (Lipinski definition) is 0.